The van der Waals surface area contributed by atoms with Gasteiger partial charge in [0.25, 0.3) is 0 Å². The molecule has 1 saturated carbocycles. The number of nitrogens with two attached hydrogens (primary N) is 1. The highest BCUT2D eigenvalue weighted by atomic mass is 16.5. The van der Waals surface area contributed by atoms with E-state index in [2.05, 4.69) is 6.92 Å². The minimum absolute atomic E-state index is 0.334. The van der Waals surface area contributed by atoms with Crippen molar-refractivity contribution < 1.29 is 14.2 Å². The van der Waals surface area contributed by atoms with Crippen LogP contribution < -0.4 is 5.73 Å². The molecule has 1 rings (SSSR count). The first-order chi connectivity index (χ1) is 10.3. The molecule has 4 heteroatoms. The highest BCUT2D eigenvalue weighted by Gasteiger charge is 2.33. The minimum Gasteiger partial charge on any atom is -0.382 e. The van der Waals surface area contributed by atoms with Gasteiger partial charge in [0.15, 0.2) is 0 Å². The largest absolute Gasteiger partial charge is 0.382 e. The average molecular weight is 301 g/mol. The summed E-state index contributed by atoms with van der Waals surface area (Å²) in [6.45, 7) is 6.51. The average Bonchev–Trinajstić information content (AvgIpc) is 2.52. The first-order valence-corrected chi connectivity index (χ1v) is 8.61. The van der Waals surface area contributed by atoms with E-state index in [1.54, 1.807) is 7.11 Å². The van der Waals surface area contributed by atoms with Crippen LogP contribution in [0.4, 0.5) is 0 Å². The van der Waals surface area contributed by atoms with Crippen LogP contribution in [0.25, 0.3) is 0 Å². The van der Waals surface area contributed by atoms with Gasteiger partial charge in [-0.3, -0.25) is 0 Å². The molecular formula is C17H35NO3. The fraction of sp³-hybridized carbons (Fsp3) is 1.00. The van der Waals surface area contributed by atoms with Gasteiger partial charge in [-0.2, -0.15) is 0 Å². The normalized spacial score (nSPS) is 26.1. The summed E-state index contributed by atoms with van der Waals surface area (Å²) in [5.41, 5.74) is 6.39. The molecule has 0 bridgehead atoms. The second kappa shape index (κ2) is 11.4. The summed E-state index contributed by atoms with van der Waals surface area (Å²) in [5, 5.41) is 0. The minimum atomic E-state index is 0.334. The summed E-state index contributed by atoms with van der Waals surface area (Å²) in [7, 11) is 1.68. The van der Waals surface area contributed by atoms with Crippen LogP contribution in [0, 0.1) is 11.3 Å². The van der Waals surface area contributed by atoms with Crippen LogP contribution in [0.3, 0.4) is 0 Å². The van der Waals surface area contributed by atoms with Crippen LogP contribution in [-0.4, -0.2) is 46.7 Å². The maximum atomic E-state index is 6.06. The number of hydrogen-bond acceptors (Lipinski definition) is 4. The lowest BCUT2D eigenvalue weighted by atomic mass is 9.68. The van der Waals surface area contributed by atoms with E-state index in [0.29, 0.717) is 31.8 Å². The number of ether oxygens (including phenoxy) is 3. The summed E-state index contributed by atoms with van der Waals surface area (Å²) < 4.78 is 16.0. The Kier molecular flexibility index (Phi) is 10.3. The van der Waals surface area contributed by atoms with Crippen molar-refractivity contribution in [3.8, 4) is 0 Å². The zero-order valence-electron chi connectivity index (χ0n) is 14.1. The second-order valence-electron chi connectivity index (χ2n) is 6.40. The van der Waals surface area contributed by atoms with E-state index in [0.717, 1.165) is 25.5 Å². The van der Waals surface area contributed by atoms with Gasteiger partial charge < -0.3 is 19.9 Å². The zero-order valence-corrected chi connectivity index (χ0v) is 14.1. The van der Waals surface area contributed by atoms with Crippen LogP contribution in [-0.2, 0) is 14.2 Å². The lowest BCUT2D eigenvalue weighted by Crippen LogP contribution is -2.36. The van der Waals surface area contributed by atoms with Crippen molar-refractivity contribution in [1.29, 1.82) is 0 Å². The Hall–Kier alpha value is -0.160. The Morgan fingerprint density at radius 3 is 2.19 bits per heavy atom. The highest BCUT2D eigenvalue weighted by Crippen LogP contribution is 2.42. The van der Waals surface area contributed by atoms with Crippen molar-refractivity contribution in [3.05, 3.63) is 0 Å². The van der Waals surface area contributed by atoms with E-state index in [4.69, 9.17) is 19.9 Å². The lowest BCUT2D eigenvalue weighted by molar-refractivity contribution is 0.0114. The third kappa shape index (κ3) is 7.59. The molecule has 0 unspecified atom stereocenters. The summed E-state index contributed by atoms with van der Waals surface area (Å²) in [6.07, 6.45) is 9.06. The van der Waals surface area contributed by atoms with Crippen LogP contribution in [0.1, 0.15) is 51.9 Å². The molecular weight excluding hydrogens is 266 g/mol. The topological polar surface area (TPSA) is 53.7 Å². The Morgan fingerprint density at radius 2 is 1.62 bits per heavy atom. The Bertz CT molecular complexity index is 240. The molecule has 0 aromatic rings. The number of methoxy groups -OCH3 is 1. The molecule has 0 atom stereocenters. The van der Waals surface area contributed by atoms with E-state index >= 15 is 0 Å². The third-order valence-electron chi connectivity index (χ3n) is 4.88. The molecule has 0 aromatic heterocycles. The second-order valence-corrected chi connectivity index (χ2v) is 6.40. The van der Waals surface area contributed by atoms with Crippen LogP contribution >= 0.6 is 0 Å². The quantitative estimate of drug-likeness (QED) is 0.563. The Morgan fingerprint density at radius 1 is 1.00 bits per heavy atom. The van der Waals surface area contributed by atoms with E-state index in [9.17, 15) is 0 Å². The predicted octanol–water partition coefficient (Wildman–Crippen LogP) is 2.99. The molecule has 0 aromatic carbocycles. The van der Waals surface area contributed by atoms with E-state index < -0.39 is 0 Å². The van der Waals surface area contributed by atoms with Gasteiger partial charge in [-0.05, 0) is 50.0 Å². The molecule has 4 nitrogen and oxygen atoms in total. The molecule has 0 amide bonds. The first kappa shape index (κ1) is 18.9. The van der Waals surface area contributed by atoms with E-state index in [1.165, 1.54) is 38.5 Å². The Labute approximate surface area is 130 Å². The van der Waals surface area contributed by atoms with Gasteiger partial charge in [0, 0.05) is 13.7 Å². The maximum absolute atomic E-state index is 6.06. The third-order valence-corrected chi connectivity index (χ3v) is 4.88. The monoisotopic (exact) mass is 301 g/mol. The van der Waals surface area contributed by atoms with Crippen LogP contribution in [0.5, 0.6) is 0 Å². The molecule has 1 aliphatic rings. The van der Waals surface area contributed by atoms with Crippen molar-refractivity contribution in [2.75, 3.05) is 46.7 Å². The molecule has 1 aliphatic carbocycles. The summed E-state index contributed by atoms with van der Waals surface area (Å²) in [4.78, 5) is 0. The van der Waals surface area contributed by atoms with E-state index in [1.807, 2.05) is 0 Å². The van der Waals surface area contributed by atoms with Gasteiger partial charge >= 0.3 is 0 Å². The molecule has 1 fully saturated rings. The zero-order chi connectivity index (χ0) is 15.4. The molecule has 2 N–H and O–H groups in total. The molecule has 21 heavy (non-hydrogen) atoms. The molecule has 0 heterocycles. The van der Waals surface area contributed by atoms with Gasteiger partial charge in [0.2, 0.25) is 0 Å². The van der Waals surface area contributed by atoms with E-state index in [-0.39, 0.29) is 0 Å². The van der Waals surface area contributed by atoms with Gasteiger partial charge in [-0.1, -0.05) is 19.8 Å². The van der Waals surface area contributed by atoms with Crippen molar-refractivity contribution >= 4 is 0 Å². The molecule has 0 aliphatic heterocycles. The van der Waals surface area contributed by atoms with Gasteiger partial charge in [-0.15, -0.1) is 0 Å². The van der Waals surface area contributed by atoms with Crippen LogP contribution in [0.2, 0.25) is 0 Å². The predicted molar refractivity (Wildman–Crippen MR) is 86.5 cm³/mol. The summed E-state index contributed by atoms with van der Waals surface area (Å²) >= 11 is 0. The fourth-order valence-corrected chi connectivity index (χ4v) is 3.30. The molecule has 0 radical (unpaired) electrons. The van der Waals surface area contributed by atoms with Gasteiger partial charge in [-0.25, -0.2) is 0 Å². The van der Waals surface area contributed by atoms with Crippen LogP contribution in [0.15, 0.2) is 0 Å². The van der Waals surface area contributed by atoms with Crippen molar-refractivity contribution in [2.45, 2.75) is 51.9 Å². The molecule has 0 saturated heterocycles. The Balaban J connectivity index is 2.08. The fourth-order valence-electron chi connectivity index (χ4n) is 3.30. The summed E-state index contributed by atoms with van der Waals surface area (Å²) in [5.74, 6) is 0.935. The lowest BCUT2D eigenvalue weighted by Gasteiger charge is -2.39. The first-order valence-electron chi connectivity index (χ1n) is 8.61. The number of rotatable bonds is 12. The number of hydrogen-bond donors (Lipinski definition) is 1. The van der Waals surface area contributed by atoms with Gasteiger partial charge in [0.05, 0.1) is 26.4 Å². The van der Waals surface area contributed by atoms with Gasteiger partial charge in [0.1, 0.15) is 0 Å². The molecule has 0 spiro atoms. The van der Waals surface area contributed by atoms with Crippen molar-refractivity contribution in [2.24, 2.45) is 17.1 Å². The van der Waals surface area contributed by atoms with Crippen molar-refractivity contribution in [3.63, 3.8) is 0 Å². The summed E-state index contributed by atoms with van der Waals surface area (Å²) in [6, 6.07) is 0. The van der Waals surface area contributed by atoms with Crippen molar-refractivity contribution in [1.82, 2.24) is 0 Å². The SMILES string of the molecule is CCCC1CCC(CN)(CCOCCOCCOC)CC1. The molecule has 126 valence electrons. The standard InChI is InChI=1S/C17H35NO3/c1-3-4-16-5-7-17(15-18,8-6-16)9-10-20-13-14-21-12-11-19-2/h16H,3-15,18H2,1-2H3. The maximum Gasteiger partial charge on any atom is 0.0701 e. The highest BCUT2D eigenvalue weighted by molar-refractivity contribution is 4.86. The smallest absolute Gasteiger partial charge is 0.0701 e.